The molecular weight excluding hydrogens is 276 g/mol. The molecule has 21 heavy (non-hydrogen) atoms. The third kappa shape index (κ3) is 3.31. The third-order valence-corrected chi connectivity index (χ3v) is 4.29. The highest BCUT2D eigenvalue weighted by Gasteiger charge is 2.07. The molecule has 3 heteroatoms. The molecule has 0 fully saturated rings. The molecule has 0 saturated carbocycles. The van der Waals surface area contributed by atoms with E-state index in [4.69, 9.17) is 4.98 Å². The zero-order valence-corrected chi connectivity index (χ0v) is 13.3. The Morgan fingerprint density at radius 3 is 2.76 bits per heavy atom. The van der Waals surface area contributed by atoms with Gasteiger partial charge in [0.1, 0.15) is 5.01 Å². The molecule has 0 spiro atoms. The minimum atomic E-state index is 0.669. The van der Waals surface area contributed by atoms with Crippen LogP contribution in [0.15, 0.2) is 47.8 Å². The third-order valence-electron chi connectivity index (χ3n) is 3.45. The molecule has 0 saturated heterocycles. The van der Waals surface area contributed by atoms with Gasteiger partial charge in [-0.3, -0.25) is 0 Å². The van der Waals surface area contributed by atoms with Crippen molar-refractivity contribution in [2.45, 2.75) is 20.4 Å². The zero-order chi connectivity index (χ0) is 14.7. The molecule has 0 radical (unpaired) electrons. The predicted molar refractivity (Wildman–Crippen MR) is 91.6 cm³/mol. The summed E-state index contributed by atoms with van der Waals surface area (Å²) in [7, 11) is 0. The van der Waals surface area contributed by atoms with Crippen LogP contribution in [0.2, 0.25) is 0 Å². The summed E-state index contributed by atoms with van der Waals surface area (Å²) in [6.07, 6.45) is 0. The summed E-state index contributed by atoms with van der Waals surface area (Å²) in [6, 6.07) is 14.9. The van der Waals surface area contributed by atoms with E-state index in [9.17, 15) is 0 Å². The van der Waals surface area contributed by atoms with E-state index in [2.05, 4.69) is 67.0 Å². The maximum absolute atomic E-state index is 4.78. The van der Waals surface area contributed by atoms with Crippen molar-refractivity contribution in [1.29, 1.82) is 0 Å². The highest BCUT2D eigenvalue weighted by Crippen LogP contribution is 2.29. The minimum Gasteiger partial charge on any atom is -0.310 e. The van der Waals surface area contributed by atoms with E-state index >= 15 is 0 Å². The van der Waals surface area contributed by atoms with Crippen LogP contribution in [-0.4, -0.2) is 11.5 Å². The first-order valence-electron chi connectivity index (χ1n) is 7.37. The topological polar surface area (TPSA) is 24.9 Å². The maximum Gasteiger partial charge on any atom is 0.107 e. The number of aromatic nitrogens is 1. The quantitative estimate of drug-likeness (QED) is 0.737. The van der Waals surface area contributed by atoms with Crippen molar-refractivity contribution >= 4 is 22.1 Å². The van der Waals surface area contributed by atoms with Crippen molar-refractivity contribution < 1.29 is 0 Å². The average Bonchev–Trinajstić information content (AvgIpc) is 2.95. The Balaban J connectivity index is 1.85. The van der Waals surface area contributed by atoms with Crippen molar-refractivity contribution in [1.82, 2.24) is 10.3 Å². The fourth-order valence-corrected chi connectivity index (χ4v) is 3.20. The molecule has 0 atom stereocenters. The summed E-state index contributed by atoms with van der Waals surface area (Å²) >= 11 is 1.73. The van der Waals surface area contributed by atoms with Gasteiger partial charge in [-0.2, -0.15) is 0 Å². The SMILES string of the molecule is CC(C)CNCc1nc(-c2cccc3ccccc23)cs1. The highest BCUT2D eigenvalue weighted by atomic mass is 32.1. The molecule has 2 aromatic carbocycles. The van der Waals surface area contributed by atoms with Crippen molar-refractivity contribution in [2.75, 3.05) is 6.54 Å². The number of nitrogens with one attached hydrogen (secondary N) is 1. The molecule has 2 nitrogen and oxygen atoms in total. The molecule has 0 amide bonds. The van der Waals surface area contributed by atoms with E-state index in [1.54, 1.807) is 11.3 Å². The summed E-state index contributed by atoms with van der Waals surface area (Å²) in [5, 5.41) is 9.30. The van der Waals surface area contributed by atoms with Crippen LogP contribution >= 0.6 is 11.3 Å². The lowest BCUT2D eigenvalue weighted by molar-refractivity contribution is 0.551. The molecule has 3 rings (SSSR count). The van der Waals surface area contributed by atoms with E-state index in [-0.39, 0.29) is 0 Å². The van der Waals surface area contributed by atoms with E-state index in [0.29, 0.717) is 5.92 Å². The van der Waals surface area contributed by atoms with Crippen molar-refractivity contribution in [3.05, 3.63) is 52.9 Å². The molecule has 0 aliphatic heterocycles. The number of nitrogens with zero attached hydrogens (tertiary/aromatic N) is 1. The van der Waals surface area contributed by atoms with Gasteiger partial charge in [-0.1, -0.05) is 56.3 Å². The number of fused-ring (bicyclic) bond motifs is 1. The van der Waals surface area contributed by atoms with Crippen LogP contribution in [0.3, 0.4) is 0 Å². The van der Waals surface area contributed by atoms with E-state index in [0.717, 1.165) is 23.8 Å². The summed E-state index contributed by atoms with van der Waals surface area (Å²) in [5.41, 5.74) is 2.30. The van der Waals surface area contributed by atoms with Gasteiger partial charge in [0.05, 0.1) is 5.69 Å². The first-order valence-corrected chi connectivity index (χ1v) is 8.25. The average molecular weight is 296 g/mol. The zero-order valence-electron chi connectivity index (χ0n) is 12.5. The number of hydrogen-bond acceptors (Lipinski definition) is 3. The Labute approximate surface area is 129 Å². The maximum atomic E-state index is 4.78. The molecule has 0 aliphatic carbocycles. The fraction of sp³-hybridized carbons (Fsp3) is 0.278. The lowest BCUT2D eigenvalue weighted by Gasteiger charge is -2.05. The summed E-state index contributed by atoms with van der Waals surface area (Å²) < 4.78 is 0. The molecule has 0 aliphatic rings. The van der Waals surface area contributed by atoms with Gasteiger partial charge in [0.15, 0.2) is 0 Å². The second kappa shape index (κ2) is 6.37. The Morgan fingerprint density at radius 2 is 1.90 bits per heavy atom. The van der Waals surface area contributed by atoms with Crippen molar-refractivity contribution in [3.63, 3.8) is 0 Å². The van der Waals surface area contributed by atoms with Gasteiger partial charge < -0.3 is 5.32 Å². The van der Waals surface area contributed by atoms with Gasteiger partial charge >= 0.3 is 0 Å². The van der Waals surface area contributed by atoms with Crippen LogP contribution in [0.5, 0.6) is 0 Å². The Kier molecular flexibility index (Phi) is 4.32. The van der Waals surface area contributed by atoms with Crippen molar-refractivity contribution in [3.8, 4) is 11.3 Å². The normalized spacial score (nSPS) is 11.4. The van der Waals surface area contributed by atoms with E-state index < -0.39 is 0 Å². The molecule has 1 heterocycles. The molecule has 0 unspecified atom stereocenters. The van der Waals surface area contributed by atoms with Gasteiger partial charge in [-0.25, -0.2) is 4.98 Å². The first kappa shape index (κ1) is 14.2. The van der Waals surface area contributed by atoms with Crippen LogP contribution in [0.4, 0.5) is 0 Å². The second-order valence-corrected chi connectivity index (χ2v) is 6.62. The van der Waals surface area contributed by atoms with Crippen molar-refractivity contribution in [2.24, 2.45) is 5.92 Å². The summed E-state index contributed by atoms with van der Waals surface area (Å²) in [5.74, 6) is 0.669. The Morgan fingerprint density at radius 1 is 1.10 bits per heavy atom. The van der Waals surface area contributed by atoms with Gasteiger partial charge in [0.2, 0.25) is 0 Å². The largest absolute Gasteiger partial charge is 0.310 e. The summed E-state index contributed by atoms with van der Waals surface area (Å²) in [6.45, 7) is 6.32. The predicted octanol–water partition coefficient (Wildman–Crippen LogP) is 4.71. The monoisotopic (exact) mass is 296 g/mol. The van der Waals surface area contributed by atoms with Crippen LogP contribution in [0, 0.1) is 5.92 Å². The second-order valence-electron chi connectivity index (χ2n) is 5.68. The number of benzene rings is 2. The molecule has 3 aromatic rings. The Hall–Kier alpha value is -1.71. The van der Waals surface area contributed by atoms with Gasteiger partial charge in [0, 0.05) is 17.5 Å². The Bertz CT molecular complexity index is 725. The molecule has 0 bridgehead atoms. The van der Waals surface area contributed by atoms with Crippen LogP contribution in [-0.2, 0) is 6.54 Å². The lowest BCUT2D eigenvalue weighted by atomic mass is 10.0. The van der Waals surface area contributed by atoms with E-state index in [1.807, 2.05) is 0 Å². The number of rotatable bonds is 5. The van der Waals surface area contributed by atoms with Gasteiger partial charge in [-0.15, -0.1) is 11.3 Å². The fourth-order valence-electron chi connectivity index (χ4n) is 2.43. The van der Waals surface area contributed by atoms with Crippen LogP contribution in [0.1, 0.15) is 18.9 Å². The first-order chi connectivity index (χ1) is 10.2. The smallest absolute Gasteiger partial charge is 0.107 e. The minimum absolute atomic E-state index is 0.669. The molecule has 1 aromatic heterocycles. The van der Waals surface area contributed by atoms with Gasteiger partial charge in [0.25, 0.3) is 0 Å². The molecule has 1 N–H and O–H groups in total. The standard InChI is InChI=1S/C18H20N2S/c1-13(2)10-19-11-18-20-17(12-21-18)16-9-5-7-14-6-3-4-8-15(14)16/h3-9,12-13,19H,10-11H2,1-2H3. The van der Waals surface area contributed by atoms with Gasteiger partial charge in [-0.05, 0) is 23.2 Å². The van der Waals surface area contributed by atoms with Crippen LogP contribution < -0.4 is 5.32 Å². The number of hydrogen-bond donors (Lipinski definition) is 1. The summed E-state index contributed by atoms with van der Waals surface area (Å²) in [4.78, 5) is 4.78. The molecular formula is C18H20N2S. The molecule has 108 valence electrons. The lowest BCUT2D eigenvalue weighted by Crippen LogP contribution is -2.18. The van der Waals surface area contributed by atoms with E-state index in [1.165, 1.54) is 16.3 Å². The highest BCUT2D eigenvalue weighted by molar-refractivity contribution is 7.09. The number of thiazole rings is 1. The van der Waals surface area contributed by atoms with Crippen LogP contribution in [0.25, 0.3) is 22.0 Å².